The van der Waals surface area contributed by atoms with E-state index >= 15 is 0 Å². The molecule has 0 aliphatic rings. The van der Waals surface area contributed by atoms with Crippen LogP contribution in [0.2, 0.25) is 0 Å². The maximum absolute atomic E-state index is 12.9. The van der Waals surface area contributed by atoms with Gasteiger partial charge in [0, 0.05) is 18.5 Å². The first kappa shape index (κ1) is 14.8. The molecule has 0 radical (unpaired) electrons. The number of ether oxygens (including phenoxy) is 1. The van der Waals surface area contributed by atoms with Gasteiger partial charge >= 0.3 is 0 Å². The van der Waals surface area contributed by atoms with Crippen LogP contribution >= 0.6 is 11.6 Å². The molecule has 0 saturated carbocycles. The van der Waals surface area contributed by atoms with Crippen molar-refractivity contribution >= 4 is 11.6 Å². The molecule has 0 saturated heterocycles. The number of hydrogen-bond acceptors (Lipinski definition) is 2. The summed E-state index contributed by atoms with van der Waals surface area (Å²) in [7, 11) is 0. The molecule has 0 bridgehead atoms. The lowest BCUT2D eigenvalue weighted by Crippen LogP contribution is -2.09. The highest BCUT2D eigenvalue weighted by atomic mass is 35.5. The van der Waals surface area contributed by atoms with E-state index in [9.17, 15) is 8.78 Å². The van der Waals surface area contributed by atoms with E-state index in [-0.39, 0.29) is 11.6 Å². The first-order valence-electron chi connectivity index (χ1n) is 6.29. The molecule has 6 heteroatoms. The van der Waals surface area contributed by atoms with E-state index < -0.39 is 6.43 Å². The van der Waals surface area contributed by atoms with Crippen molar-refractivity contribution < 1.29 is 13.5 Å². The molecule has 1 heterocycles. The molecular formula is C14H15ClF2N2O. The Labute approximate surface area is 121 Å². The number of aromatic nitrogens is 2. The molecule has 0 atom stereocenters. The van der Waals surface area contributed by atoms with Gasteiger partial charge in [-0.25, -0.2) is 8.78 Å². The molecule has 0 amide bonds. The Morgan fingerprint density at radius 2 is 2.00 bits per heavy atom. The quantitative estimate of drug-likeness (QED) is 0.570. The molecule has 0 spiro atoms. The summed E-state index contributed by atoms with van der Waals surface area (Å²) in [5.74, 6) is 0.809. The number of halogens is 3. The average molecular weight is 301 g/mol. The lowest BCUT2D eigenvalue weighted by atomic mass is 10.3. The van der Waals surface area contributed by atoms with Crippen molar-refractivity contribution in [3.8, 4) is 5.75 Å². The molecule has 1 aromatic heterocycles. The van der Waals surface area contributed by atoms with Crippen LogP contribution in [0.5, 0.6) is 5.75 Å². The standard InChI is InChI=1S/C14H15ClF2N2O/c15-9-11-10-18-19(13(11)14(16)17)7-4-8-20-12-5-2-1-3-6-12/h1-3,5-6,10,14H,4,7-9H2. The molecule has 0 unspecified atom stereocenters. The molecule has 0 N–H and O–H groups in total. The number of rotatable bonds is 7. The van der Waals surface area contributed by atoms with Gasteiger partial charge in [0.1, 0.15) is 11.4 Å². The summed E-state index contributed by atoms with van der Waals surface area (Å²) in [6, 6.07) is 9.36. The van der Waals surface area contributed by atoms with E-state index in [1.165, 1.54) is 10.9 Å². The number of alkyl halides is 3. The van der Waals surface area contributed by atoms with E-state index in [0.717, 1.165) is 5.75 Å². The maximum atomic E-state index is 12.9. The van der Waals surface area contributed by atoms with Crippen molar-refractivity contribution in [1.29, 1.82) is 0 Å². The third kappa shape index (κ3) is 3.70. The van der Waals surface area contributed by atoms with E-state index in [0.29, 0.717) is 25.1 Å². The number of hydrogen-bond donors (Lipinski definition) is 0. The van der Waals surface area contributed by atoms with Crippen molar-refractivity contribution in [2.24, 2.45) is 0 Å². The second kappa shape index (κ2) is 7.24. The minimum Gasteiger partial charge on any atom is -0.494 e. The fraction of sp³-hybridized carbons (Fsp3) is 0.357. The monoisotopic (exact) mass is 300 g/mol. The first-order valence-corrected chi connectivity index (χ1v) is 6.82. The van der Waals surface area contributed by atoms with Crippen molar-refractivity contribution in [2.45, 2.75) is 25.3 Å². The Bertz CT molecular complexity index is 531. The lowest BCUT2D eigenvalue weighted by molar-refractivity contribution is 0.137. The summed E-state index contributed by atoms with van der Waals surface area (Å²) >= 11 is 5.62. The van der Waals surface area contributed by atoms with Crippen LogP contribution in [0.25, 0.3) is 0 Å². The number of aryl methyl sites for hydroxylation is 1. The second-order valence-corrected chi connectivity index (χ2v) is 4.49. The lowest BCUT2D eigenvalue weighted by Gasteiger charge is -2.09. The Balaban J connectivity index is 1.87. The Hall–Kier alpha value is -1.62. The summed E-state index contributed by atoms with van der Waals surface area (Å²) in [5, 5.41) is 3.95. The molecule has 2 aromatic rings. The normalized spacial score (nSPS) is 11.0. The van der Waals surface area contributed by atoms with Crippen LogP contribution in [0.15, 0.2) is 36.5 Å². The molecule has 0 fully saturated rings. The Kier molecular flexibility index (Phi) is 5.35. The zero-order chi connectivity index (χ0) is 14.4. The van der Waals surface area contributed by atoms with Crippen LogP contribution in [-0.2, 0) is 12.4 Å². The molecule has 1 aromatic carbocycles. The summed E-state index contributed by atoms with van der Waals surface area (Å²) in [4.78, 5) is 0. The minimum atomic E-state index is -2.57. The molecular weight excluding hydrogens is 286 g/mol. The van der Waals surface area contributed by atoms with Gasteiger partial charge in [0.05, 0.1) is 18.7 Å². The van der Waals surface area contributed by atoms with Gasteiger partial charge < -0.3 is 4.74 Å². The van der Waals surface area contributed by atoms with E-state index in [1.807, 2.05) is 30.3 Å². The number of para-hydroxylation sites is 1. The highest BCUT2D eigenvalue weighted by molar-refractivity contribution is 6.17. The predicted octanol–water partition coefficient (Wildman–Crippen LogP) is 4.03. The van der Waals surface area contributed by atoms with Crippen LogP contribution in [0.1, 0.15) is 24.1 Å². The highest BCUT2D eigenvalue weighted by Gasteiger charge is 2.18. The predicted molar refractivity (Wildman–Crippen MR) is 73.3 cm³/mol. The van der Waals surface area contributed by atoms with Crippen LogP contribution in [0.4, 0.5) is 8.78 Å². The van der Waals surface area contributed by atoms with Crippen LogP contribution in [0, 0.1) is 0 Å². The Morgan fingerprint density at radius 3 is 2.65 bits per heavy atom. The van der Waals surface area contributed by atoms with E-state index in [4.69, 9.17) is 16.3 Å². The smallest absolute Gasteiger partial charge is 0.280 e. The van der Waals surface area contributed by atoms with Gasteiger partial charge in [0.2, 0.25) is 0 Å². The topological polar surface area (TPSA) is 27.1 Å². The van der Waals surface area contributed by atoms with Gasteiger partial charge in [-0.2, -0.15) is 5.10 Å². The van der Waals surface area contributed by atoms with Gasteiger partial charge in [0.25, 0.3) is 6.43 Å². The van der Waals surface area contributed by atoms with Gasteiger partial charge in [0.15, 0.2) is 0 Å². The van der Waals surface area contributed by atoms with Crippen LogP contribution < -0.4 is 4.74 Å². The highest BCUT2D eigenvalue weighted by Crippen LogP contribution is 2.24. The SMILES string of the molecule is FC(F)c1c(CCl)cnn1CCCOc1ccccc1. The molecule has 2 rings (SSSR count). The molecule has 20 heavy (non-hydrogen) atoms. The van der Waals surface area contributed by atoms with Crippen molar-refractivity contribution in [3.05, 3.63) is 47.8 Å². The zero-order valence-electron chi connectivity index (χ0n) is 10.8. The Morgan fingerprint density at radius 1 is 1.25 bits per heavy atom. The summed E-state index contributed by atoms with van der Waals surface area (Å²) in [5.41, 5.74) is 0.283. The number of nitrogens with zero attached hydrogens (tertiary/aromatic N) is 2. The zero-order valence-corrected chi connectivity index (χ0v) is 11.6. The van der Waals surface area contributed by atoms with E-state index in [2.05, 4.69) is 5.10 Å². The molecule has 3 nitrogen and oxygen atoms in total. The van der Waals surface area contributed by atoms with Gasteiger partial charge in [-0.05, 0) is 12.1 Å². The summed E-state index contributed by atoms with van der Waals surface area (Å²) < 4.78 is 32.7. The van der Waals surface area contributed by atoms with Crippen molar-refractivity contribution in [3.63, 3.8) is 0 Å². The van der Waals surface area contributed by atoms with E-state index in [1.54, 1.807) is 0 Å². The number of benzene rings is 1. The second-order valence-electron chi connectivity index (χ2n) is 4.23. The van der Waals surface area contributed by atoms with Crippen LogP contribution in [0.3, 0.4) is 0 Å². The van der Waals surface area contributed by atoms with Crippen molar-refractivity contribution in [2.75, 3.05) is 6.61 Å². The first-order chi connectivity index (χ1) is 9.72. The molecule has 0 aliphatic heterocycles. The van der Waals surface area contributed by atoms with Crippen LogP contribution in [-0.4, -0.2) is 16.4 Å². The van der Waals surface area contributed by atoms with Gasteiger partial charge in [-0.15, -0.1) is 11.6 Å². The van der Waals surface area contributed by atoms with Gasteiger partial charge in [-0.3, -0.25) is 4.68 Å². The van der Waals surface area contributed by atoms with Gasteiger partial charge in [-0.1, -0.05) is 18.2 Å². The maximum Gasteiger partial charge on any atom is 0.280 e. The third-order valence-corrected chi connectivity index (χ3v) is 3.12. The summed E-state index contributed by atoms with van der Waals surface area (Å²) in [6.07, 6.45) is -0.578. The molecule has 0 aliphatic carbocycles. The molecule has 108 valence electrons. The largest absolute Gasteiger partial charge is 0.494 e. The average Bonchev–Trinajstić information content (AvgIpc) is 2.88. The van der Waals surface area contributed by atoms with Crippen molar-refractivity contribution in [1.82, 2.24) is 9.78 Å². The third-order valence-electron chi connectivity index (χ3n) is 2.84. The fourth-order valence-corrected chi connectivity index (χ4v) is 2.09. The summed E-state index contributed by atoms with van der Waals surface area (Å²) in [6.45, 7) is 0.826. The minimum absolute atomic E-state index is 0.0419. The fourth-order valence-electron chi connectivity index (χ4n) is 1.89.